The third-order valence-corrected chi connectivity index (χ3v) is 5.21. The first kappa shape index (κ1) is 17.1. The smallest absolute Gasteiger partial charge is 0.241 e. The number of nitrogens with one attached hydrogen (secondary N) is 2. The lowest BCUT2D eigenvalue weighted by molar-refractivity contribution is 0.439. The van der Waals surface area contributed by atoms with Gasteiger partial charge in [-0.15, -0.1) is 0 Å². The van der Waals surface area contributed by atoms with Crippen LogP contribution in [0.1, 0.15) is 52.6 Å². The summed E-state index contributed by atoms with van der Waals surface area (Å²) in [6, 6.07) is 7.27. The van der Waals surface area contributed by atoms with E-state index in [2.05, 4.69) is 17.0 Å². The monoisotopic (exact) mass is 298 g/mol. The van der Waals surface area contributed by atoms with Gasteiger partial charge in [-0.25, -0.2) is 13.1 Å². The maximum absolute atomic E-state index is 12.3. The Morgan fingerprint density at radius 2 is 1.70 bits per heavy atom. The molecule has 0 amide bonds. The van der Waals surface area contributed by atoms with E-state index < -0.39 is 15.6 Å². The molecule has 1 aromatic rings. The SMILES string of the molecule is CCNC(C)c1ccc(S(=O)(=O)NC(C)(C)CC)cc1. The molecule has 4 nitrogen and oxygen atoms in total. The third-order valence-electron chi connectivity index (χ3n) is 3.50. The van der Waals surface area contributed by atoms with Crippen LogP contribution in [0.3, 0.4) is 0 Å². The van der Waals surface area contributed by atoms with Gasteiger partial charge < -0.3 is 5.32 Å². The molecule has 1 unspecified atom stereocenters. The average molecular weight is 298 g/mol. The van der Waals surface area contributed by atoms with Gasteiger partial charge in [0.25, 0.3) is 0 Å². The largest absolute Gasteiger partial charge is 0.310 e. The van der Waals surface area contributed by atoms with E-state index in [0.717, 1.165) is 18.5 Å². The zero-order chi connectivity index (χ0) is 15.4. The van der Waals surface area contributed by atoms with Crippen molar-refractivity contribution in [2.75, 3.05) is 6.54 Å². The summed E-state index contributed by atoms with van der Waals surface area (Å²) in [5.41, 5.74) is 0.648. The molecule has 1 rings (SSSR count). The van der Waals surface area contributed by atoms with E-state index >= 15 is 0 Å². The summed E-state index contributed by atoms with van der Waals surface area (Å²) in [6.45, 7) is 10.7. The fraction of sp³-hybridized carbons (Fsp3) is 0.600. The third kappa shape index (κ3) is 4.58. The van der Waals surface area contributed by atoms with Gasteiger partial charge >= 0.3 is 0 Å². The van der Waals surface area contributed by atoms with Gasteiger partial charge in [0.15, 0.2) is 0 Å². The van der Waals surface area contributed by atoms with Crippen LogP contribution in [0.15, 0.2) is 29.2 Å². The molecular weight excluding hydrogens is 272 g/mol. The summed E-state index contributed by atoms with van der Waals surface area (Å²) in [6.07, 6.45) is 0.738. The molecule has 0 spiro atoms. The quantitative estimate of drug-likeness (QED) is 0.814. The molecule has 0 radical (unpaired) electrons. The van der Waals surface area contributed by atoms with Crippen LogP contribution in [-0.4, -0.2) is 20.5 Å². The highest BCUT2D eigenvalue weighted by Gasteiger charge is 2.24. The highest BCUT2D eigenvalue weighted by atomic mass is 32.2. The minimum Gasteiger partial charge on any atom is -0.310 e. The Morgan fingerprint density at radius 3 is 2.15 bits per heavy atom. The molecule has 0 heterocycles. The molecule has 0 fully saturated rings. The lowest BCUT2D eigenvalue weighted by Gasteiger charge is -2.24. The molecule has 0 saturated heterocycles. The maximum Gasteiger partial charge on any atom is 0.241 e. The molecule has 114 valence electrons. The fourth-order valence-corrected chi connectivity index (χ4v) is 3.34. The summed E-state index contributed by atoms with van der Waals surface area (Å²) in [4.78, 5) is 0.312. The van der Waals surface area contributed by atoms with Crippen molar-refractivity contribution >= 4 is 10.0 Å². The lowest BCUT2D eigenvalue weighted by atomic mass is 10.0. The minimum atomic E-state index is -3.46. The molecule has 20 heavy (non-hydrogen) atoms. The van der Waals surface area contributed by atoms with E-state index in [4.69, 9.17) is 0 Å². The van der Waals surface area contributed by atoms with Crippen LogP contribution in [-0.2, 0) is 10.0 Å². The zero-order valence-corrected chi connectivity index (χ0v) is 13.8. The molecule has 2 N–H and O–H groups in total. The number of hydrogen-bond donors (Lipinski definition) is 2. The van der Waals surface area contributed by atoms with Crippen LogP contribution < -0.4 is 10.0 Å². The zero-order valence-electron chi connectivity index (χ0n) is 13.0. The van der Waals surface area contributed by atoms with Crippen molar-refractivity contribution in [2.24, 2.45) is 0 Å². The lowest BCUT2D eigenvalue weighted by Crippen LogP contribution is -2.42. The standard InChI is InChI=1S/C15H26N2O2S/c1-6-15(4,5)17-20(18,19)14-10-8-13(9-11-14)12(3)16-7-2/h8-12,16-17H,6-7H2,1-5H3. The van der Waals surface area contributed by atoms with E-state index in [9.17, 15) is 8.42 Å². The minimum absolute atomic E-state index is 0.219. The molecule has 1 atom stereocenters. The van der Waals surface area contributed by atoms with Gasteiger partial charge in [-0.1, -0.05) is 26.0 Å². The average Bonchev–Trinajstić information content (AvgIpc) is 2.38. The van der Waals surface area contributed by atoms with Crippen molar-refractivity contribution in [1.82, 2.24) is 10.0 Å². The van der Waals surface area contributed by atoms with E-state index in [1.165, 1.54) is 0 Å². The van der Waals surface area contributed by atoms with Crippen LogP contribution in [0.4, 0.5) is 0 Å². The maximum atomic E-state index is 12.3. The summed E-state index contributed by atoms with van der Waals surface area (Å²) >= 11 is 0. The Balaban J connectivity index is 2.93. The molecule has 0 aromatic heterocycles. The van der Waals surface area contributed by atoms with Gasteiger partial charge in [-0.3, -0.25) is 0 Å². The Hall–Kier alpha value is -0.910. The fourth-order valence-electron chi connectivity index (χ4n) is 1.85. The molecule has 5 heteroatoms. The second-order valence-electron chi connectivity index (χ2n) is 5.69. The summed E-state index contributed by atoms with van der Waals surface area (Å²) in [5.74, 6) is 0. The van der Waals surface area contributed by atoms with Crippen molar-refractivity contribution < 1.29 is 8.42 Å². The van der Waals surface area contributed by atoms with Crippen LogP contribution >= 0.6 is 0 Å². The highest BCUT2D eigenvalue weighted by Crippen LogP contribution is 2.18. The van der Waals surface area contributed by atoms with Gasteiger partial charge in [0.05, 0.1) is 4.90 Å². The summed E-state index contributed by atoms with van der Waals surface area (Å²) in [7, 11) is -3.46. The van der Waals surface area contributed by atoms with Crippen molar-refractivity contribution in [1.29, 1.82) is 0 Å². The highest BCUT2D eigenvalue weighted by molar-refractivity contribution is 7.89. The van der Waals surface area contributed by atoms with Gasteiger partial charge in [0.1, 0.15) is 0 Å². The van der Waals surface area contributed by atoms with Crippen LogP contribution in [0.25, 0.3) is 0 Å². The van der Waals surface area contributed by atoms with Gasteiger partial charge in [-0.2, -0.15) is 0 Å². The number of hydrogen-bond acceptors (Lipinski definition) is 3. The van der Waals surface area contributed by atoms with Crippen LogP contribution in [0.5, 0.6) is 0 Å². The Labute approximate surface area is 123 Å². The first-order chi connectivity index (χ1) is 9.22. The predicted molar refractivity (Wildman–Crippen MR) is 83.2 cm³/mol. The number of benzene rings is 1. The van der Waals surface area contributed by atoms with Gasteiger partial charge in [-0.05, 0) is 51.4 Å². The van der Waals surface area contributed by atoms with E-state index in [0.29, 0.717) is 4.90 Å². The summed E-state index contributed by atoms with van der Waals surface area (Å²) < 4.78 is 27.3. The van der Waals surface area contributed by atoms with E-state index in [1.54, 1.807) is 12.1 Å². The summed E-state index contributed by atoms with van der Waals surface area (Å²) in [5, 5.41) is 3.30. The van der Waals surface area contributed by atoms with Crippen LogP contribution in [0, 0.1) is 0 Å². The number of sulfonamides is 1. The topological polar surface area (TPSA) is 58.2 Å². The molecule has 0 aliphatic rings. The first-order valence-corrected chi connectivity index (χ1v) is 8.57. The van der Waals surface area contributed by atoms with Gasteiger partial charge in [0, 0.05) is 11.6 Å². The number of rotatable bonds is 7. The van der Waals surface area contributed by atoms with Crippen molar-refractivity contribution in [2.45, 2.75) is 57.5 Å². The Morgan fingerprint density at radius 1 is 1.15 bits per heavy atom. The Kier molecular flexibility index (Phi) is 5.74. The van der Waals surface area contributed by atoms with E-state index in [-0.39, 0.29) is 6.04 Å². The van der Waals surface area contributed by atoms with Crippen molar-refractivity contribution in [3.05, 3.63) is 29.8 Å². The molecule has 0 saturated carbocycles. The first-order valence-electron chi connectivity index (χ1n) is 7.09. The molecule has 0 aliphatic carbocycles. The van der Waals surface area contributed by atoms with Gasteiger partial charge in [0.2, 0.25) is 10.0 Å². The van der Waals surface area contributed by atoms with Crippen LogP contribution in [0.2, 0.25) is 0 Å². The molecule has 1 aromatic carbocycles. The second-order valence-corrected chi connectivity index (χ2v) is 7.37. The normalized spacial score (nSPS) is 14.2. The second kappa shape index (κ2) is 6.70. The molecule has 0 bridgehead atoms. The van der Waals surface area contributed by atoms with E-state index in [1.807, 2.05) is 39.8 Å². The van der Waals surface area contributed by atoms with Crippen molar-refractivity contribution in [3.8, 4) is 0 Å². The molecular formula is C15H26N2O2S. The molecule has 0 aliphatic heterocycles. The predicted octanol–water partition coefficient (Wildman–Crippen LogP) is 2.82. The Bertz CT molecular complexity index is 521. The van der Waals surface area contributed by atoms with Crippen molar-refractivity contribution in [3.63, 3.8) is 0 Å².